The fourth-order valence-electron chi connectivity index (χ4n) is 2.50. The van der Waals surface area contributed by atoms with Crippen molar-refractivity contribution in [3.63, 3.8) is 0 Å². The molecule has 1 atom stereocenters. The molecule has 5 heteroatoms. The van der Waals surface area contributed by atoms with E-state index in [0.717, 1.165) is 37.7 Å². The van der Waals surface area contributed by atoms with Gasteiger partial charge in [-0.1, -0.05) is 13.0 Å². The number of rotatable bonds is 8. The molecule has 0 radical (unpaired) electrons. The first-order valence-corrected chi connectivity index (χ1v) is 7.56. The van der Waals surface area contributed by atoms with Crippen molar-refractivity contribution >= 4 is 0 Å². The van der Waals surface area contributed by atoms with E-state index in [9.17, 15) is 0 Å². The standard InChI is InChI=1S/C16H26N2O3/c1-4-18(7-8-19-3)12-14(17-2)13-5-6-15-16(11-13)21-10-9-20-15/h5-6,11,14,17H,4,7-10,12H2,1-3H3. The molecular formula is C16H26N2O3. The summed E-state index contributed by atoms with van der Waals surface area (Å²) in [5.41, 5.74) is 1.22. The molecule has 0 aliphatic carbocycles. The molecule has 0 aromatic heterocycles. The van der Waals surface area contributed by atoms with Crippen LogP contribution in [0.4, 0.5) is 0 Å². The molecule has 1 unspecified atom stereocenters. The number of likely N-dealkylation sites (N-methyl/N-ethyl adjacent to an activating group) is 2. The Morgan fingerprint density at radius 3 is 2.71 bits per heavy atom. The zero-order valence-corrected chi connectivity index (χ0v) is 13.2. The second-order valence-corrected chi connectivity index (χ2v) is 5.13. The van der Waals surface area contributed by atoms with Gasteiger partial charge in [0.1, 0.15) is 13.2 Å². The van der Waals surface area contributed by atoms with E-state index in [1.807, 2.05) is 13.1 Å². The Hall–Kier alpha value is -1.30. The van der Waals surface area contributed by atoms with Crippen molar-refractivity contribution in [3.05, 3.63) is 23.8 Å². The number of nitrogens with zero attached hydrogens (tertiary/aromatic N) is 1. The molecule has 1 aliphatic rings. The minimum Gasteiger partial charge on any atom is -0.486 e. The summed E-state index contributed by atoms with van der Waals surface area (Å²) in [5.74, 6) is 1.69. The van der Waals surface area contributed by atoms with Gasteiger partial charge in [0.2, 0.25) is 0 Å². The van der Waals surface area contributed by atoms with Gasteiger partial charge >= 0.3 is 0 Å². The highest BCUT2D eigenvalue weighted by Crippen LogP contribution is 2.32. The lowest BCUT2D eigenvalue weighted by Crippen LogP contribution is -2.35. The number of benzene rings is 1. The molecule has 118 valence electrons. The van der Waals surface area contributed by atoms with Crippen molar-refractivity contribution < 1.29 is 14.2 Å². The van der Waals surface area contributed by atoms with Crippen molar-refractivity contribution in [3.8, 4) is 11.5 Å². The van der Waals surface area contributed by atoms with Crippen LogP contribution in [0.5, 0.6) is 11.5 Å². The summed E-state index contributed by atoms with van der Waals surface area (Å²) < 4.78 is 16.4. The van der Waals surface area contributed by atoms with Crippen molar-refractivity contribution in [2.24, 2.45) is 0 Å². The molecule has 0 saturated heterocycles. The first-order chi connectivity index (χ1) is 10.3. The van der Waals surface area contributed by atoms with Crippen molar-refractivity contribution in [2.75, 3.05) is 53.6 Å². The maximum atomic E-state index is 5.67. The molecule has 21 heavy (non-hydrogen) atoms. The highest BCUT2D eigenvalue weighted by atomic mass is 16.6. The third kappa shape index (κ3) is 4.33. The van der Waals surface area contributed by atoms with Gasteiger partial charge < -0.3 is 19.5 Å². The quantitative estimate of drug-likeness (QED) is 0.790. The summed E-state index contributed by atoms with van der Waals surface area (Å²) in [6.07, 6.45) is 0. The molecule has 0 amide bonds. The number of hydrogen-bond acceptors (Lipinski definition) is 5. The highest BCUT2D eigenvalue weighted by molar-refractivity contribution is 5.44. The Morgan fingerprint density at radius 2 is 2.05 bits per heavy atom. The Bertz CT molecular complexity index is 440. The molecule has 0 fully saturated rings. The second kappa shape index (κ2) is 8.22. The molecule has 0 spiro atoms. The number of ether oxygens (including phenoxy) is 3. The predicted octanol–water partition coefficient (Wildman–Crippen LogP) is 1.69. The minimum absolute atomic E-state index is 0.262. The zero-order chi connectivity index (χ0) is 15.1. The largest absolute Gasteiger partial charge is 0.486 e. The highest BCUT2D eigenvalue weighted by Gasteiger charge is 2.17. The maximum Gasteiger partial charge on any atom is 0.161 e. The van der Waals surface area contributed by atoms with Crippen LogP contribution in [-0.4, -0.2) is 58.5 Å². The van der Waals surface area contributed by atoms with Crippen LogP contribution in [0.3, 0.4) is 0 Å². The van der Waals surface area contributed by atoms with Crippen LogP contribution in [0, 0.1) is 0 Å². The summed E-state index contributed by atoms with van der Waals surface area (Å²) in [6.45, 7) is 7.06. The van der Waals surface area contributed by atoms with Gasteiger partial charge in [-0.2, -0.15) is 0 Å². The maximum absolute atomic E-state index is 5.67. The van der Waals surface area contributed by atoms with Crippen LogP contribution < -0.4 is 14.8 Å². The van der Waals surface area contributed by atoms with Crippen molar-refractivity contribution in [1.29, 1.82) is 0 Å². The zero-order valence-electron chi connectivity index (χ0n) is 13.2. The third-order valence-corrected chi connectivity index (χ3v) is 3.82. The first-order valence-electron chi connectivity index (χ1n) is 7.56. The van der Waals surface area contributed by atoms with Gasteiger partial charge in [-0.3, -0.25) is 4.90 Å². The number of fused-ring (bicyclic) bond motifs is 1. The lowest BCUT2D eigenvalue weighted by Gasteiger charge is -2.27. The first kappa shape index (κ1) is 16.1. The summed E-state index contributed by atoms with van der Waals surface area (Å²) >= 11 is 0. The molecule has 2 rings (SSSR count). The average molecular weight is 294 g/mol. The van der Waals surface area contributed by atoms with Gasteiger partial charge in [0, 0.05) is 26.2 Å². The van der Waals surface area contributed by atoms with E-state index in [1.54, 1.807) is 7.11 Å². The topological polar surface area (TPSA) is 43.0 Å². The molecular weight excluding hydrogens is 268 g/mol. The number of methoxy groups -OCH3 is 1. The van der Waals surface area contributed by atoms with Crippen LogP contribution in [0.25, 0.3) is 0 Å². The Labute approximate surface area is 127 Å². The van der Waals surface area contributed by atoms with Crippen LogP contribution >= 0.6 is 0 Å². The fourth-order valence-corrected chi connectivity index (χ4v) is 2.50. The van der Waals surface area contributed by atoms with Crippen LogP contribution in [0.15, 0.2) is 18.2 Å². The van der Waals surface area contributed by atoms with E-state index in [0.29, 0.717) is 13.2 Å². The van der Waals surface area contributed by atoms with Crippen LogP contribution in [0.2, 0.25) is 0 Å². The molecule has 0 bridgehead atoms. The molecule has 1 aliphatic heterocycles. The molecule has 5 nitrogen and oxygen atoms in total. The number of nitrogens with one attached hydrogen (secondary N) is 1. The van der Waals surface area contributed by atoms with Crippen molar-refractivity contribution in [2.45, 2.75) is 13.0 Å². The summed E-state index contributed by atoms with van der Waals surface area (Å²) in [5, 5.41) is 3.39. The van der Waals surface area contributed by atoms with Gasteiger partial charge in [0.25, 0.3) is 0 Å². The predicted molar refractivity (Wildman–Crippen MR) is 83.2 cm³/mol. The van der Waals surface area contributed by atoms with Crippen molar-refractivity contribution in [1.82, 2.24) is 10.2 Å². The molecule has 1 N–H and O–H groups in total. The lowest BCUT2D eigenvalue weighted by atomic mass is 10.1. The van der Waals surface area contributed by atoms with Gasteiger partial charge in [-0.05, 0) is 31.3 Å². The van der Waals surface area contributed by atoms with Gasteiger partial charge in [-0.15, -0.1) is 0 Å². The monoisotopic (exact) mass is 294 g/mol. The number of hydrogen-bond donors (Lipinski definition) is 1. The summed E-state index contributed by atoms with van der Waals surface area (Å²) in [7, 11) is 3.73. The van der Waals surface area contributed by atoms with E-state index in [1.165, 1.54) is 5.56 Å². The smallest absolute Gasteiger partial charge is 0.161 e. The van der Waals surface area contributed by atoms with E-state index in [2.05, 4.69) is 29.3 Å². The fraction of sp³-hybridized carbons (Fsp3) is 0.625. The van der Waals surface area contributed by atoms with E-state index >= 15 is 0 Å². The van der Waals surface area contributed by atoms with E-state index in [4.69, 9.17) is 14.2 Å². The SMILES string of the molecule is CCN(CCOC)CC(NC)c1ccc2c(c1)OCCO2. The van der Waals surface area contributed by atoms with Gasteiger partial charge in [0.15, 0.2) is 11.5 Å². The Kier molecular flexibility index (Phi) is 6.29. The summed E-state index contributed by atoms with van der Waals surface area (Å²) in [4.78, 5) is 2.38. The molecule has 1 heterocycles. The van der Waals surface area contributed by atoms with Gasteiger partial charge in [-0.25, -0.2) is 0 Å². The third-order valence-electron chi connectivity index (χ3n) is 3.82. The Morgan fingerprint density at radius 1 is 1.29 bits per heavy atom. The van der Waals surface area contributed by atoms with Gasteiger partial charge in [0.05, 0.1) is 6.61 Å². The molecule has 0 saturated carbocycles. The summed E-state index contributed by atoms with van der Waals surface area (Å²) in [6, 6.07) is 6.45. The Balaban J connectivity index is 2.05. The lowest BCUT2D eigenvalue weighted by molar-refractivity contribution is 0.144. The normalized spacial score (nSPS) is 15.2. The van der Waals surface area contributed by atoms with E-state index in [-0.39, 0.29) is 6.04 Å². The van der Waals surface area contributed by atoms with E-state index < -0.39 is 0 Å². The average Bonchev–Trinajstić information content (AvgIpc) is 2.55. The van der Waals surface area contributed by atoms with Crippen LogP contribution in [-0.2, 0) is 4.74 Å². The molecule has 1 aromatic rings. The minimum atomic E-state index is 0.262. The second-order valence-electron chi connectivity index (χ2n) is 5.13. The molecule has 1 aromatic carbocycles. The van der Waals surface area contributed by atoms with Crippen LogP contribution in [0.1, 0.15) is 18.5 Å².